The molecule has 0 bridgehead atoms. The minimum absolute atomic E-state index is 0.590. The fourth-order valence-corrected chi connectivity index (χ4v) is 3.21. The van der Waals surface area contributed by atoms with Crippen molar-refractivity contribution in [1.82, 2.24) is 5.32 Å². The second-order valence-electron chi connectivity index (χ2n) is 7.09. The molecule has 0 aromatic heterocycles. The first-order valence-corrected chi connectivity index (χ1v) is 10.5. The Morgan fingerprint density at radius 3 is 1.27 bits per heavy atom. The fraction of sp³-hybridized carbons (Fsp3) is 1.00. The molecule has 133 valence electrons. The Kier molecular flexibility index (Phi) is 19.0. The standard InChI is InChI=1S/C21H44N/c1-4-6-7-8-9-10-11-12-13-14-15-16-17-18-19-20-21(3)22-5-2/h21H,4-20H2,1-3H3. The van der Waals surface area contributed by atoms with Gasteiger partial charge in [0.15, 0.2) is 0 Å². The van der Waals surface area contributed by atoms with E-state index in [1.807, 2.05) is 0 Å². The first kappa shape index (κ1) is 22.0. The van der Waals surface area contributed by atoms with Gasteiger partial charge in [0.1, 0.15) is 0 Å². The van der Waals surface area contributed by atoms with Gasteiger partial charge < -0.3 is 0 Å². The van der Waals surface area contributed by atoms with Crippen LogP contribution in [0.1, 0.15) is 124 Å². The molecule has 0 amide bonds. The largest absolute Gasteiger partial charge is 0.239 e. The van der Waals surface area contributed by atoms with Crippen LogP contribution in [0.3, 0.4) is 0 Å². The zero-order chi connectivity index (χ0) is 16.3. The first-order valence-electron chi connectivity index (χ1n) is 10.5. The minimum atomic E-state index is 0.590. The minimum Gasteiger partial charge on any atom is -0.239 e. The maximum absolute atomic E-state index is 4.53. The molecule has 0 aromatic carbocycles. The van der Waals surface area contributed by atoms with Crippen molar-refractivity contribution in [1.29, 1.82) is 0 Å². The summed E-state index contributed by atoms with van der Waals surface area (Å²) in [5, 5.41) is 4.53. The smallest absolute Gasteiger partial charge is 0.0217 e. The molecule has 1 heteroatoms. The van der Waals surface area contributed by atoms with Crippen LogP contribution in [0.5, 0.6) is 0 Å². The molecule has 1 nitrogen and oxygen atoms in total. The van der Waals surface area contributed by atoms with Gasteiger partial charge in [0.25, 0.3) is 0 Å². The van der Waals surface area contributed by atoms with Gasteiger partial charge in [-0.1, -0.05) is 110 Å². The first-order chi connectivity index (χ1) is 10.8. The summed E-state index contributed by atoms with van der Waals surface area (Å²) in [7, 11) is 0. The van der Waals surface area contributed by atoms with E-state index in [9.17, 15) is 0 Å². The van der Waals surface area contributed by atoms with Crippen LogP contribution in [0.25, 0.3) is 0 Å². The maximum Gasteiger partial charge on any atom is 0.0217 e. The molecule has 0 aliphatic heterocycles. The van der Waals surface area contributed by atoms with Crippen molar-refractivity contribution in [3.8, 4) is 0 Å². The zero-order valence-electron chi connectivity index (χ0n) is 16.0. The van der Waals surface area contributed by atoms with Crippen molar-refractivity contribution in [2.75, 3.05) is 6.54 Å². The molecule has 1 unspecified atom stereocenters. The summed E-state index contributed by atoms with van der Waals surface area (Å²) in [6.45, 7) is 7.68. The van der Waals surface area contributed by atoms with Gasteiger partial charge in [0.05, 0.1) is 0 Å². The molecule has 1 atom stereocenters. The van der Waals surface area contributed by atoms with Crippen LogP contribution in [0.15, 0.2) is 0 Å². The van der Waals surface area contributed by atoms with Crippen molar-refractivity contribution in [3.05, 3.63) is 0 Å². The summed E-state index contributed by atoms with van der Waals surface area (Å²) in [5.41, 5.74) is 0. The molecule has 0 fully saturated rings. The van der Waals surface area contributed by atoms with Gasteiger partial charge >= 0.3 is 0 Å². The molecule has 1 radical (unpaired) electrons. The van der Waals surface area contributed by atoms with Crippen molar-refractivity contribution < 1.29 is 0 Å². The normalized spacial score (nSPS) is 12.7. The summed E-state index contributed by atoms with van der Waals surface area (Å²) in [5.74, 6) is 0. The molecule has 0 rings (SSSR count). The number of hydrogen-bond acceptors (Lipinski definition) is 0. The van der Waals surface area contributed by atoms with Crippen LogP contribution < -0.4 is 5.32 Å². The van der Waals surface area contributed by atoms with Gasteiger partial charge in [0.2, 0.25) is 0 Å². The van der Waals surface area contributed by atoms with E-state index in [2.05, 4.69) is 26.1 Å². The highest BCUT2D eigenvalue weighted by Crippen LogP contribution is 2.14. The van der Waals surface area contributed by atoms with Crippen LogP contribution in [-0.2, 0) is 0 Å². The van der Waals surface area contributed by atoms with Gasteiger partial charge in [-0.25, -0.2) is 5.32 Å². The van der Waals surface area contributed by atoms with E-state index in [1.165, 1.54) is 103 Å². The van der Waals surface area contributed by atoms with Gasteiger partial charge in [0, 0.05) is 12.6 Å². The monoisotopic (exact) mass is 310 g/mol. The molecule has 0 spiro atoms. The third kappa shape index (κ3) is 18.0. The molecule has 22 heavy (non-hydrogen) atoms. The number of rotatable bonds is 18. The van der Waals surface area contributed by atoms with Crippen LogP contribution in [0, 0.1) is 0 Å². The Bertz CT molecular complexity index is 190. The Labute approximate surface area is 142 Å². The third-order valence-corrected chi connectivity index (χ3v) is 4.72. The number of hydrogen-bond donors (Lipinski definition) is 0. The summed E-state index contributed by atoms with van der Waals surface area (Å²) in [6, 6.07) is 0.590. The second-order valence-corrected chi connectivity index (χ2v) is 7.09. The molecule has 0 aliphatic carbocycles. The van der Waals surface area contributed by atoms with E-state index in [-0.39, 0.29) is 0 Å². The summed E-state index contributed by atoms with van der Waals surface area (Å²) < 4.78 is 0. The van der Waals surface area contributed by atoms with Crippen molar-refractivity contribution in [3.63, 3.8) is 0 Å². The van der Waals surface area contributed by atoms with E-state index >= 15 is 0 Å². The molecule has 0 N–H and O–H groups in total. The van der Waals surface area contributed by atoms with Gasteiger partial charge in [-0.05, 0) is 13.3 Å². The molecule has 0 aromatic rings. The molecule has 0 saturated heterocycles. The topological polar surface area (TPSA) is 14.1 Å². The molecule has 0 heterocycles. The van der Waals surface area contributed by atoms with Crippen molar-refractivity contribution in [2.45, 2.75) is 130 Å². The highest BCUT2D eigenvalue weighted by molar-refractivity contribution is 4.58. The van der Waals surface area contributed by atoms with Gasteiger partial charge in [-0.2, -0.15) is 0 Å². The van der Waals surface area contributed by atoms with Crippen LogP contribution in [0.2, 0.25) is 0 Å². The average Bonchev–Trinajstić information content (AvgIpc) is 2.51. The summed E-state index contributed by atoms with van der Waals surface area (Å²) >= 11 is 0. The predicted molar refractivity (Wildman–Crippen MR) is 102 cm³/mol. The van der Waals surface area contributed by atoms with Gasteiger partial charge in [-0.3, -0.25) is 0 Å². The quantitative estimate of drug-likeness (QED) is 0.236. The number of unbranched alkanes of at least 4 members (excludes halogenated alkanes) is 14. The Balaban J connectivity index is 3.00. The zero-order valence-corrected chi connectivity index (χ0v) is 16.0. The Morgan fingerprint density at radius 2 is 0.909 bits per heavy atom. The molecule has 0 saturated carbocycles. The highest BCUT2D eigenvalue weighted by atomic mass is 14.9. The van der Waals surface area contributed by atoms with E-state index in [0.717, 1.165) is 6.54 Å². The lowest BCUT2D eigenvalue weighted by Gasteiger charge is -2.09. The van der Waals surface area contributed by atoms with Crippen LogP contribution >= 0.6 is 0 Å². The number of nitrogens with zero attached hydrogens (tertiary/aromatic N) is 1. The Hall–Kier alpha value is -0.0400. The van der Waals surface area contributed by atoms with Crippen molar-refractivity contribution in [2.24, 2.45) is 0 Å². The van der Waals surface area contributed by atoms with Crippen LogP contribution in [0.4, 0.5) is 0 Å². The molecular weight excluding hydrogens is 266 g/mol. The SMILES string of the molecule is CCCCCCCCCCCCCCCCCC(C)[N]CC. The van der Waals surface area contributed by atoms with E-state index in [0.29, 0.717) is 6.04 Å². The Morgan fingerprint density at radius 1 is 0.545 bits per heavy atom. The van der Waals surface area contributed by atoms with E-state index < -0.39 is 0 Å². The fourth-order valence-electron chi connectivity index (χ4n) is 3.21. The van der Waals surface area contributed by atoms with E-state index in [1.54, 1.807) is 0 Å². The molecule has 0 aliphatic rings. The van der Waals surface area contributed by atoms with Crippen molar-refractivity contribution >= 4 is 0 Å². The van der Waals surface area contributed by atoms with Crippen LogP contribution in [-0.4, -0.2) is 12.6 Å². The lowest BCUT2D eigenvalue weighted by Crippen LogP contribution is -2.17. The lowest BCUT2D eigenvalue weighted by atomic mass is 10.0. The second kappa shape index (κ2) is 19.0. The predicted octanol–water partition coefficient (Wildman–Crippen LogP) is 7.26. The molecular formula is C21H44N. The summed E-state index contributed by atoms with van der Waals surface area (Å²) in [6.07, 6.45) is 23.0. The maximum atomic E-state index is 4.53. The third-order valence-electron chi connectivity index (χ3n) is 4.72. The summed E-state index contributed by atoms with van der Waals surface area (Å²) in [4.78, 5) is 0. The highest BCUT2D eigenvalue weighted by Gasteiger charge is 2.00. The lowest BCUT2D eigenvalue weighted by molar-refractivity contribution is 0.478. The van der Waals surface area contributed by atoms with E-state index in [4.69, 9.17) is 0 Å². The average molecular weight is 311 g/mol. The van der Waals surface area contributed by atoms with Gasteiger partial charge in [-0.15, -0.1) is 0 Å².